The van der Waals surface area contributed by atoms with Gasteiger partial charge in [-0.1, -0.05) is 26.2 Å². The summed E-state index contributed by atoms with van der Waals surface area (Å²) in [6.07, 6.45) is 3.50. The summed E-state index contributed by atoms with van der Waals surface area (Å²) in [6, 6.07) is 6.85. The second kappa shape index (κ2) is 5.29. The van der Waals surface area contributed by atoms with Gasteiger partial charge >= 0.3 is 0 Å². The number of halogens is 1. The molecule has 1 aromatic carbocycles. The molecule has 0 N–H and O–H groups in total. The molecule has 0 aliphatic carbocycles. The molecule has 0 saturated heterocycles. The van der Waals surface area contributed by atoms with Crippen molar-refractivity contribution in [1.82, 2.24) is 0 Å². The number of rotatable bonds is 3. The zero-order chi connectivity index (χ0) is 11.5. The van der Waals surface area contributed by atoms with Gasteiger partial charge in [0, 0.05) is 10.5 Å². The van der Waals surface area contributed by atoms with Crippen molar-refractivity contribution >= 4 is 25.6 Å². The molecule has 0 aromatic heterocycles. The lowest BCUT2D eigenvalue weighted by atomic mass is 10.0. The van der Waals surface area contributed by atoms with E-state index < -0.39 is 0 Å². The molecule has 1 nitrogen and oxygen atoms in total. The Morgan fingerprint density at radius 3 is 2.81 bits per heavy atom. The number of aryl methyl sites for hydroxylation is 2. The van der Waals surface area contributed by atoms with Crippen LogP contribution in [0.4, 0.5) is 0 Å². The molecule has 0 saturated carbocycles. The van der Waals surface area contributed by atoms with E-state index in [4.69, 9.17) is 11.6 Å². The molecular formula is C13H17ClNP. The Hall–Kier alpha value is -0.390. The highest BCUT2D eigenvalue weighted by Gasteiger charge is 2.14. The van der Waals surface area contributed by atoms with E-state index in [2.05, 4.69) is 31.0 Å². The highest BCUT2D eigenvalue weighted by Crippen LogP contribution is 2.27. The maximum absolute atomic E-state index is 6.04. The molecule has 16 heavy (non-hydrogen) atoms. The molecular weight excluding hydrogens is 237 g/mol. The molecule has 1 aromatic rings. The average Bonchev–Trinajstić information content (AvgIpc) is 2.60. The summed E-state index contributed by atoms with van der Waals surface area (Å²) >= 11 is 6.04. The van der Waals surface area contributed by atoms with Gasteiger partial charge in [-0.05, 0) is 56.1 Å². The second-order valence-electron chi connectivity index (χ2n) is 4.42. The molecule has 86 valence electrons. The molecule has 0 amide bonds. The van der Waals surface area contributed by atoms with E-state index in [-0.39, 0.29) is 0 Å². The van der Waals surface area contributed by atoms with Crippen molar-refractivity contribution in [2.75, 3.05) is 6.16 Å². The monoisotopic (exact) mass is 253 g/mol. The highest BCUT2D eigenvalue weighted by atomic mass is 35.5. The lowest BCUT2D eigenvalue weighted by molar-refractivity contribution is 0.684. The number of hydrogen-bond acceptors (Lipinski definition) is 1. The van der Waals surface area contributed by atoms with E-state index in [1.54, 1.807) is 0 Å². The third kappa shape index (κ3) is 3.30. The first-order valence-corrected chi connectivity index (χ1v) is 7.26. The number of nitrogens with zero attached hydrogens (tertiary/aromatic N) is 1. The second-order valence-corrected chi connectivity index (χ2v) is 6.35. The van der Waals surface area contributed by atoms with E-state index in [9.17, 15) is 0 Å². The van der Waals surface area contributed by atoms with E-state index >= 15 is 0 Å². The summed E-state index contributed by atoms with van der Waals surface area (Å²) < 4.78 is 0. The van der Waals surface area contributed by atoms with Crippen molar-refractivity contribution in [2.24, 2.45) is 4.99 Å². The molecule has 1 aliphatic heterocycles. The lowest BCUT2D eigenvalue weighted by Gasteiger charge is -2.07. The largest absolute Gasteiger partial charge is 0.286 e. The zero-order valence-electron chi connectivity index (χ0n) is 9.76. The summed E-state index contributed by atoms with van der Waals surface area (Å²) in [7, 11) is 0.950. The third-order valence-electron chi connectivity index (χ3n) is 2.84. The van der Waals surface area contributed by atoms with Crippen molar-refractivity contribution in [3.8, 4) is 0 Å². The van der Waals surface area contributed by atoms with Gasteiger partial charge in [-0.15, -0.1) is 0 Å². The van der Waals surface area contributed by atoms with Crippen molar-refractivity contribution in [2.45, 2.75) is 32.7 Å². The predicted molar refractivity (Wildman–Crippen MR) is 74.6 cm³/mol. The minimum absolute atomic E-state index is 0.553. The summed E-state index contributed by atoms with van der Waals surface area (Å²) in [5.41, 5.74) is 3.93. The molecule has 0 radical (unpaired) electrons. The molecule has 2 unspecified atom stereocenters. The summed E-state index contributed by atoms with van der Waals surface area (Å²) in [6.45, 7) is 4.23. The van der Waals surface area contributed by atoms with Crippen LogP contribution in [0.1, 0.15) is 24.5 Å². The van der Waals surface area contributed by atoms with Crippen molar-refractivity contribution in [3.05, 3.63) is 34.3 Å². The number of aliphatic imine (C=N–C) groups is 1. The van der Waals surface area contributed by atoms with Gasteiger partial charge in [0.05, 0.1) is 6.04 Å². The van der Waals surface area contributed by atoms with Gasteiger partial charge in [-0.25, -0.2) is 0 Å². The van der Waals surface area contributed by atoms with Crippen molar-refractivity contribution < 1.29 is 0 Å². The Morgan fingerprint density at radius 1 is 1.38 bits per heavy atom. The maximum Gasteiger partial charge on any atom is 0.0546 e. The molecule has 3 heteroatoms. The number of benzene rings is 1. The smallest absolute Gasteiger partial charge is 0.0546 e. The summed E-state index contributed by atoms with van der Waals surface area (Å²) in [5, 5.41) is 0.850. The maximum atomic E-state index is 6.04. The van der Waals surface area contributed by atoms with Gasteiger partial charge in [-0.2, -0.15) is 0 Å². The Kier molecular flexibility index (Phi) is 4.00. The van der Waals surface area contributed by atoms with Crippen LogP contribution >= 0.6 is 20.2 Å². The van der Waals surface area contributed by atoms with Crippen LogP contribution in [0.15, 0.2) is 23.2 Å². The van der Waals surface area contributed by atoms with Gasteiger partial charge < -0.3 is 0 Å². The molecule has 0 fully saturated rings. The predicted octanol–water partition coefficient (Wildman–Crippen LogP) is 4.06. The van der Waals surface area contributed by atoms with Crippen LogP contribution in [0, 0.1) is 6.92 Å². The van der Waals surface area contributed by atoms with Gasteiger partial charge in [0.2, 0.25) is 0 Å². The SMILES string of the molecule is CC1=NC(CCc2cc(C)cc(Cl)c2)CP1. The van der Waals surface area contributed by atoms with E-state index in [0.29, 0.717) is 6.04 Å². The van der Waals surface area contributed by atoms with Crippen molar-refractivity contribution in [1.29, 1.82) is 0 Å². The quantitative estimate of drug-likeness (QED) is 0.721. The first-order valence-electron chi connectivity index (χ1n) is 5.68. The third-order valence-corrected chi connectivity index (χ3v) is 4.37. The van der Waals surface area contributed by atoms with Crippen molar-refractivity contribution in [3.63, 3.8) is 0 Å². The van der Waals surface area contributed by atoms with Gasteiger partial charge in [-0.3, -0.25) is 4.99 Å². The lowest BCUT2D eigenvalue weighted by Crippen LogP contribution is -2.05. The van der Waals surface area contributed by atoms with Gasteiger partial charge in [0.1, 0.15) is 0 Å². The first-order chi connectivity index (χ1) is 7.63. The summed E-state index contributed by atoms with van der Waals surface area (Å²) in [5.74, 6) is 0. The minimum atomic E-state index is 0.553. The van der Waals surface area contributed by atoms with Gasteiger partial charge in [0.15, 0.2) is 0 Å². The standard InChI is InChI=1S/C13H17ClNP/c1-9-5-11(7-12(14)6-9)3-4-13-8-16-10(2)15-13/h5-7,13,16H,3-4,8H2,1-2H3. The van der Waals surface area contributed by atoms with Crippen LogP contribution in [0.2, 0.25) is 5.02 Å². The Bertz CT molecular complexity index is 394. The van der Waals surface area contributed by atoms with E-state index in [0.717, 1.165) is 26.4 Å². The molecule has 2 atom stereocenters. The zero-order valence-corrected chi connectivity index (χ0v) is 11.5. The van der Waals surface area contributed by atoms with Crippen LogP contribution in [0.5, 0.6) is 0 Å². The molecule has 0 bridgehead atoms. The Morgan fingerprint density at radius 2 is 2.19 bits per heavy atom. The fourth-order valence-electron chi connectivity index (χ4n) is 2.09. The van der Waals surface area contributed by atoms with E-state index in [1.807, 2.05) is 6.07 Å². The molecule has 0 spiro atoms. The molecule has 1 aliphatic rings. The fourth-order valence-corrected chi connectivity index (χ4v) is 3.50. The van der Waals surface area contributed by atoms with Crippen LogP contribution < -0.4 is 0 Å². The normalized spacial score (nSPS) is 21.4. The minimum Gasteiger partial charge on any atom is -0.286 e. The molecule has 1 heterocycles. The Labute approximate surface area is 104 Å². The number of hydrogen-bond donors (Lipinski definition) is 0. The van der Waals surface area contributed by atoms with Gasteiger partial charge in [0.25, 0.3) is 0 Å². The topological polar surface area (TPSA) is 12.4 Å². The highest BCUT2D eigenvalue weighted by molar-refractivity contribution is 7.58. The molecule has 2 rings (SSSR count). The summed E-state index contributed by atoms with van der Waals surface area (Å²) in [4.78, 5) is 4.64. The van der Waals surface area contributed by atoms with E-state index in [1.165, 1.54) is 22.7 Å². The van der Waals surface area contributed by atoms with Crippen LogP contribution in [-0.2, 0) is 6.42 Å². The fraction of sp³-hybridized carbons (Fsp3) is 0.462. The van der Waals surface area contributed by atoms with Crippen LogP contribution in [0.3, 0.4) is 0 Å². The Balaban J connectivity index is 1.94. The first kappa shape index (κ1) is 12.1. The van der Waals surface area contributed by atoms with Crippen LogP contribution in [-0.4, -0.2) is 17.7 Å². The average molecular weight is 254 g/mol. The van der Waals surface area contributed by atoms with Crippen LogP contribution in [0.25, 0.3) is 0 Å².